The summed E-state index contributed by atoms with van der Waals surface area (Å²) in [6, 6.07) is 17.5. The van der Waals surface area contributed by atoms with Gasteiger partial charge >= 0.3 is 0 Å². The second kappa shape index (κ2) is 6.41. The molecule has 0 amide bonds. The standard InChI is InChI=1S/C17H16BrNO2/c18-14-8-6-13(7-9-14)17-19-15(11-21-17)10-16(20)12-4-2-1-3-5-12/h1-9,15-16,20H,10-11H2/t15-,16-/m0/s1. The molecule has 4 heteroatoms. The van der Waals surface area contributed by atoms with Gasteiger partial charge in [-0.05, 0) is 29.8 Å². The average molecular weight is 346 g/mol. The molecule has 0 saturated heterocycles. The van der Waals surface area contributed by atoms with Crippen LogP contribution in [0.4, 0.5) is 0 Å². The van der Waals surface area contributed by atoms with Crippen LogP contribution in [0.5, 0.6) is 0 Å². The maximum Gasteiger partial charge on any atom is 0.216 e. The summed E-state index contributed by atoms with van der Waals surface area (Å²) in [4.78, 5) is 4.57. The largest absolute Gasteiger partial charge is 0.475 e. The van der Waals surface area contributed by atoms with E-state index < -0.39 is 6.10 Å². The molecular formula is C17H16BrNO2. The lowest BCUT2D eigenvalue weighted by Crippen LogP contribution is -2.11. The van der Waals surface area contributed by atoms with Crippen molar-refractivity contribution in [2.45, 2.75) is 18.6 Å². The number of benzene rings is 2. The zero-order chi connectivity index (χ0) is 14.7. The van der Waals surface area contributed by atoms with Gasteiger partial charge in [0, 0.05) is 16.5 Å². The zero-order valence-corrected chi connectivity index (χ0v) is 13.0. The molecule has 1 aliphatic rings. The number of rotatable bonds is 4. The number of aliphatic hydroxyl groups excluding tert-OH is 1. The summed E-state index contributed by atoms with van der Waals surface area (Å²) in [6.07, 6.45) is 0.0668. The Balaban J connectivity index is 1.67. The summed E-state index contributed by atoms with van der Waals surface area (Å²) < 4.78 is 6.68. The fourth-order valence-corrected chi connectivity index (χ4v) is 2.62. The molecule has 1 aliphatic heterocycles. The highest BCUT2D eigenvalue weighted by Gasteiger charge is 2.23. The molecule has 0 fully saturated rings. The van der Waals surface area contributed by atoms with Crippen LogP contribution in [-0.2, 0) is 4.74 Å². The molecule has 3 nitrogen and oxygen atoms in total. The molecule has 0 bridgehead atoms. The fourth-order valence-electron chi connectivity index (χ4n) is 2.36. The Morgan fingerprint density at radius 3 is 2.57 bits per heavy atom. The van der Waals surface area contributed by atoms with Crippen molar-refractivity contribution in [2.24, 2.45) is 4.99 Å². The van der Waals surface area contributed by atoms with Gasteiger partial charge in [0.1, 0.15) is 6.61 Å². The molecular weight excluding hydrogens is 330 g/mol. The van der Waals surface area contributed by atoms with E-state index in [0.29, 0.717) is 18.9 Å². The highest BCUT2D eigenvalue weighted by atomic mass is 79.9. The monoisotopic (exact) mass is 345 g/mol. The van der Waals surface area contributed by atoms with Crippen LogP contribution in [0.3, 0.4) is 0 Å². The van der Waals surface area contributed by atoms with Crippen molar-refractivity contribution in [3.8, 4) is 0 Å². The van der Waals surface area contributed by atoms with Gasteiger partial charge in [0.25, 0.3) is 0 Å². The molecule has 1 heterocycles. The third-order valence-electron chi connectivity index (χ3n) is 3.48. The molecule has 0 unspecified atom stereocenters. The third-order valence-corrected chi connectivity index (χ3v) is 4.01. The minimum Gasteiger partial charge on any atom is -0.475 e. The number of aliphatic imine (C=N–C) groups is 1. The summed E-state index contributed by atoms with van der Waals surface area (Å²) in [5.41, 5.74) is 1.89. The van der Waals surface area contributed by atoms with Crippen molar-refractivity contribution in [2.75, 3.05) is 6.61 Å². The molecule has 2 aromatic rings. The van der Waals surface area contributed by atoms with E-state index in [0.717, 1.165) is 15.6 Å². The molecule has 0 radical (unpaired) electrons. The second-order valence-corrected chi connectivity index (χ2v) is 5.98. The predicted octanol–water partition coefficient (Wildman–Crippen LogP) is 3.72. The van der Waals surface area contributed by atoms with Gasteiger partial charge in [-0.3, -0.25) is 0 Å². The Morgan fingerprint density at radius 2 is 1.86 bits per heavy atom. The van der Waals surface area contributed by atoms with Crippen molar-refractivity contribution < 1.29 is 9.84 Å². The van der Waals surface area contributed by atoms with Gasteiger partial charge in [-0.2, -0.15) is 0 Å². The molecule has 108 valence electrons. The molecule has 0 saturated carbocycles. The average Bonchev–Trinajstić information content (AvgIpc) is 2.97. The minimum atomic E-state index is -0.507. The molecule has 21 heavy (non-hydrogen) atoms. The van der Waals surface area contributed by atoms with Crippen molar-refractivity contribution >= 4 is 21.8 Å². The Labute approximate surface area is 132 Å². The number of halogens is 1. The lowest BCUT2D eigenvalue weighted by atomic mass is 10.0. The van der Waals surface area contributed by atoms with Crippen LogP contribution in [0.1, 0.15) is 23.7 Å². The van der Waals surface area contributed by atoms with E-state index >= 15 is 0 Å². The number of aliphatic hydroxyl groups is 1. The quantitative estimate of drug-likeness (QED) is 0.917. The van der Waals surface area contributed by atoms with Gasteiger partial charge in [0.2, 0.25) is 5.90 Å². The number of hydrogen-bond acceptors (Lipinski definition) is 3. The molecule has 0 aromatic heterocycles. The highest BCUT2D eigenvalue weighted by molar-refractivity contribution is 9.10. The van der Waals surface area contributed by atoms with E-state index in [2.05, 4.69) is 20.9 Å². The maximum atomic E-state index is 10.2. The van der Waals surface area contributed by atoms with Gasteiger partial charge in [-0.15, -0.1) is 0 Å². The van der Waals surface area contributed by atoms with Gasteiger partial charge in [-0.25, -0.2) is 4.99 Å². The van der Waals surface area contributed by atoms with E-state index in [9.17, 15) is 5.11 Å². The van der Waals surface area contributed by atoms with Crippen LogP contribution in [-0.4, -0.2) is 23.7 Å². The first-order valence-electron chi connectivity index (χ1n) is 6.92. The SMILES string of the molecule is O[C@@H](C[C@H]1COC(c2ccc(Br)cc2)=N1)c1ccccc1. The zero-order valence-electron chi connectivity index (χ0n) is 11.4. The van der Waals surface area contributed by atoms with Crippen molar-refractivity contribution in [1.82, 2.24) is 0 Å². The predicted molar refractivity (Wildman–Crippen MR) is 86.4 cm³/mol. The van der Waals surface area contributed by atoms with Crippen LogP contribution in [0.2, 0.25) is 0 Å². The Morgan fingerprint density at radius 1 is 1.14 bits per heavy atom. The van der Waals surface area contributed by atoms with E-state index in [1.807, 2.05) is 54.6 Å². The Hall–Kier alpha value is -1.65. The first-order valence-corrected chi connectivity index (χ1v) is 7.71. The van der Waals surface area contributed by atoms with Gasteiger partial charge in [0.15, 0.2) is 0 Å². The van der Waals surface area contributed by atoms with Crippen LogP contribution >= 0.6 is 15.9 Å². The van der Waals surface area contributed by atoms with Crippen molar-refractivity contribution in [3.63, 3.8) is 0 Å². The number of ether oxygens (including phenoxy) is 1. The van der Waals surface area contributed by atoms with Crippen LogP contribution < -0.4 is 0 Å². The second-order valence-electron chi connectivity index (χ2n) is 5.07. The van der Waals surface area contributed by atoms with Crippen LogP contribution in [0, 0.1) is 0 Å². The number of hydrogen-bond donors (Lipinski definition) is 1. The van der Waals surface area contributed by atoms with E-state index in [-0.39, 0.29) is 6.04 Å². The van der Waals surface area contributed by atoms with Crippen LogP contribution in [0.15, 0.2) is 64.1 Å². The third kappa shape index (κ3) is 3.52. The lowest BCUT2D eigenvalue weighted by molar-refractivity contribution is 0.151. The normalized spacial score (nSPS) is 19.0. The molecule has 2 aromatic carbocycles. The summed E-state index contributed by atoms with van der Waals surface area (Å²) >= 11 is 3.41. The molecule has 3 rings (SSSR count). The maximum absolute atomic E-state index is 10.2. The van der Waals surface area contributed by atoms with E-state index in [4.69, 9.17) is 4.74 Å². The van der Waals surface area contributed by atoms with E-state index in [1.54, 1.807) is 0 Å². The number of nitrogens with zero attached hydrogens (tertiary/aromatic N) is 1. The van der Waals surface area contributed by atoms with Crippen molar-refractivity contribution in [3.05, 3.63) is 70.2 Å². The van der Waals surface area contributed by atoms with Gasteiger partial charge < -0.3 is 9.84 Å². The van der Waals surface area contributed by atoms with Crippen molar-refractivity contribution in [1.29, 1.82) is 0 Å². The molecule has 0 aliphatic carbocycles. The Bertz CT molecular complexity index is 625. The van der Waals surface area contributed by atoms with Gasteiger partial charge in [-0.1, -0.05) is 46.3 Å². The molecule has 2 atom stereocenters. The topological polar surface area (TPSA) is 41.8 Å². The first-order chi connectivity index (χ1) is 10.2. The first kappa shape index (κ1) is 14.3. The minimum absolute atomic E-state index is 0.00106. The summed E-state index contributed by atoms with van der Waals surface area (Å²) in [7, 11) is 0. The lowest BCUT2D eigenvalue weighted by Gasteiger charge is -2.12. The highest BCUT2D eigenvalue weighted by Crippen LogP contribution is 2.23. The van der Waals surface area contributed by atoms with Gasteiger partial charge in [0.05, 0.1) is 12.1 Å². The molecule has 0 spiro atoms. The smallest absolute Gasteiger partial charge is 0.216 e. The summed E-state index contributed by atoms with van der Waals surface area (Å²) in [5.74, 6) is 0.660. The fraction of sp³-hybridized carbons (Fsp3) is 0.235. The van der Waals surface area contributed by atoms with Crippen LogP contribution in [0.25, 0.3) is 0 Å². The summed E-state index contributed by atoms with van der Waals surface area (Å²) in [6.45, 7) is 0.523. The molecule has 1 N–H and O–H groups in total. The van der Waals surface area contributed by atoms with E-state index in [1.165, 1.54) is 0 Å². The summed E-state index contributed by atoms with van der Waals surface area (Å²) in [5, 5.41) is 10.2. The Kier molecular flexibility index (Phi) is 4.36.